The van der Waals surface area contributed by atoms with Gasteiger partial charge in [-0.1, -0.05) is 0 Å². The summed E-state index contributed by atoms with van der Waals surface area (Å²) in [5.41, 5.74) is 0.740. The van der Waals surface area contributed by atoms with Crippen LogP contribution in [-0.2, 0) is 0 Å². The molecule has 1 fully saturated rings. The summed E-state index contributed by atoms with van der Waals surface area (Å²) in [5, 5.41) is 8.88. The fourth-order valence-corrected chi connectivity index (χ4v) is 1.72. The van der Waals surface area contributed by atoms with Gasteiger partial charge in [0.25, 0.3) is 5.82 Å². The molecular weight excluding hydrogens is 162 g/mol. The number of H-pyrrole nitrogens is 1. The third-order valence-electron chi connectivity index (χ3n) is 2.38. The van der Waals surface area contributed by atoms with Crippen molar-refractivity contribution in [3.05, 3.63) is 23.9 Å². The van der Waals surface area contributed by atoms with Gasteiger partial charge in [0.05, 0.1) is 19.3 Å². The van der Waals surface area contributed by atoms with Crippen molar-refractivity contribution < 1.29 is 4.98 Å². The Kier molecular flexibility index (Phi) is 2.13. The Bertz CT molecular complexity index is 334. The molecule has 0 bridgehead atoms. The first-order chi connectivity index (χ1) is 6.42. The van der Waals surface area contributed by atoms with Crippen LogP contribution in [0.15, 0.2) is 18.3 Å². The minimum Gasteiger partial charge on any atom is -0.261 e. The van der Waals surface area contributed by atoms with E-state index in [0.717, 1.165) is 24.5 Å². The highest BCUT2D eigenvalue weighted by Gasteiger charge is 2.23. The number of pyridine rings is 1. The number of hydrogen-bond donors (Lipinski definition) is 0. The summed E-state index contributed by atoms with van der Waals surface area (Å²) >= 11 is 0. The van der Waals surface area contributed by atoms with E-state index in [2.05, 4.69) is 16.0 Å². The van der Waals surface area contributed by atoms with Crippen molar-refractivity contribution in [3.8, 4) is 6.07 Å². The first-order valence-corrected chi connectivity index (χ1v) is 4.57. The third kappa shape index (κ3) is 1.48. The van der Waals surface area contributed by atoms with Gasteiger partial charge >= 0.3 is 0 Å². The van der Waals surface area contributed by atoms with Crippen molar-refractivity contribution in [2.24, 2.45) is 0 Å². The van der Waals surface area contributed by atoms with E-state index in [-0.39, 0.29) is 0 Å². The Morgan fingerprint density at radius 1 is 1.38 bits per heavy atom. The molecule has 0 atom stereocenters. The average Bonchev–Trinajstić information content (AvgIpc) is 2.70. The second kappa shape index (κ2) is 3.44. The Morgan fingerprint density at radius 2 is 2.15 bits per heavy atom. The molecule has 3 heteroatoms. The lowest BCUT2D eigenvalue weighted by Crippen LogP contribution is -2.26. The molecule has 66 valence electrons. The highest BCUT2D eigenvalue weighted by Crippen LogP contribution is 2.18. The molecule has 0 amide bonds. The summed E-state index contributed by atoms with van der Waals surface area (Å²) in [6.45, 7) is 2.13. The minimum atomic E-state index is 0.740. The molecule has 0 aliphatic carbocycles. The smallest absolute Gasteiger partial charge is 0.261 e. The molecule has 1 aromatic rings. The Labute approximate surface area is 77.6 Å². The predicted molar refractivity (Wildman–Crippen MR) is 49.2 cm³/mol. The van der Waals surface area contributed by atoms with Gasteiger partial charge in [-0.25, -0.2) is 4.98 Å². The number of hydrogen-bond acceptors (Lipinski definition) is 2. The number of nitrogens with one attached hydrogen (secondary N) is 1. The summed E-state index contributed by atoms with van der Waals surface area (Å²) in [5.74, 6) is 0.975. The summed E-state index contributed by atoms with van der Waals surface area (Å²) < 4.78 is 0. The highest BCUT2D eigenvalue weighted by molar-refractivity contribution is 5.49. The van der Waals surface area contributed by atoms with E-state index in [1.165, 1.54) is 12.8 Å². The molecule has 3 nitrogen and oxygen atoms in total. The predicted octanol–water partition coefficient (Wildman–Crippen LogP) is 0.973. The van der Waals surface area contributed by atoms with Crippen LogP contribution < -0.4 is 9.88 Å². The van der Waals surface area contributed by atoms with Crippen LogP contribution in [-0.4, -0.2) is 13.1 Å². The number of nitrogens with zero attached hydrogens (tertiary/aromatic N) is 2. The number of anilines is 1. The van der Waals surface area contributed by atoms with E-state index < -0.39 is 0 Å². The Hall–Kier alpha value is -1.56. The van der Waals surface area contributed by atoms with Crippen LogP contribution in [0.3, 0.4) is 0 Å². The molecule has 1 N–H and O–H groups in total. The van der Waals surface area contributed by atoms with Crippen molar-refractivity contribution in [2.45, 2.75) is 12.8 Å². The molecule has 0 aromatic carbocycles. The fourth-order valence-electron chi connectivity index (χ4n) is 1.72. The molecule has 0 radical (unpaired) electrons. The van der Waals surface area contributed by atoms with Gasteiger partial charge in [0.1, 0.15) is 11.6 Å². The molecule has 2 heterocycles. The van der Waals surface area contributed by atoms with Gasteiger partial charge < -0.3 is 0 Å². The number of rotatable bonds is 1. The normalized spacial score (nSPS) is 15.8. The SMILES string of the molecule is N#Cc1ccc[nH+]c1N1CCCC1. The van der Waals surface area contributed by atoms with E-state index in [1.54, 1.807) is 0 Å². The van der Waals surface area contributed by atoms with Gasteiger partial charge in [0.15, 0.2) is 0 Å². The Morgan fingerprint density at radius 3 is 2.85 bits per heavy atom. The van der Waals surface area contributed by atoms with Crippen LogP contribution in [0, 0.1) is 11.3 Å². The maximum Gasteiger partial charge on any atom is 0.292 e. The molecule has 1 aliphatic rings. The van der Waals surface area contributed by atoms with Crippen molar-refractivity contribution in [1.29, 1.82) is 5.26 Å². The van der Waals surface area contributed by atoms with Crippen molar-refractivity contribution in [3.63, 3.8) is 0 Å². The minimum absolute atomic E-state index is 0.740. The zero-order chi connectivity index (χ0) is 9.10. The molecule has 2 rings (SSSR count). The lowest BCUT2D eigenvalue weighted by Gasteiger charge is -2.08. The lowest BCUT2D eigenvalue weighted by molar-refractivity contribution is -0.364. The van der Waals surface area contributed by atoms with Gasteiger partial charge in [-0.15, -0.1) is 0 Å². The van der Waals surface area contributed by atoms with Gasteiger partial charge in [-0.2, -0.15) is 5.26 Å². The fraction of sp³-hybridized carbons (Fsp3) is 0.400. The average molecular weight is 174 g/mol. The van der Waals surface area contributed by atoms with E-state index in [4.69, 9.17) is 5.26 Å². The molecule has 1 saturated heterocycles. The third-order valence-corrected chi connectivity index (χ3v) is 2.38. The molecule has 0 saturated carbocycles. The zero-order valence-corrected chi connectivity index (χ0v) is 7.45. The van der Waals surface area contributed by atoms with Crippen LogP contribution in [0.1, 0.15) is 18.4 Å². The summed E-state index contributed by atoms with van der Waals surface area (Å²) in [7, 11) is 0. The number of nitriles is 1. The maximum absolute atomic E-state index is 8.88. The maximum atomic E-state index is 8.88. The second-order valence-electron chi connectivity index (χ2n) is 3.24. The topological polar surface area (TPSA) is 41.2 Å². The Balaban J connectivity index is 2.33. The largest absolute Gasteiger partial charge is 0.292 e. The number of aromatic amines is 1. The van der Waals surface area contributed by atoms with Crippen LogP contribution in [0.25, 0.3) is 0 Å². The van der Waals surface area contributed by atoms with E-state index in [9.17, 15) is 0 Å². The van der Waals surface area contributed by atoms with Gasteiger partial charge in [-0.05, 0) is 25.0 Å². The molecule has 0 spiro atoms. The summed E-state index contributed by atoms with van der Waals surface area (Å²) in [4.78, 5) is 5.37. The first kappa shape index (κ1) is 8.06. The first-order valence-electron chi connectivity index (χ1n) is 4.57. The second-order valence-corrected chi connectivity index (χ2v) is 3.24. The highest BCUT2D eigenvalue weighted by atomic mass is 15.2. The van der Waals surface area contributed by atoms with E-state index in [0.29, 0.717) is 0 Å². The van der Waals surface area contributed by atoms with E-state index in [1.807, 2.05) is 18.3 Å². The van der Waals surface area contributed by atoms with Crippen LogP contribution in [0.5, 0.6) is 0 Å². The monoisotopic (exact) mass is 174 g/mol. The molecule has 1 aromatic heterocycles. The summed E-state index contributed by atoms with van der Waals surface area (Å²) in [6.07, 6.45) is 4.33. The van der Waals surface area contributed by atoms with E-state index >= 15 is 0 Å². The summed E-state index contributed by atoms with van der Waals surface area (Å²) in [6, 6.07) is 5.91. The van der Waals surface area contributed by atoms with Crippen molar-refractivity contribution >= 4 is 5.82 Å². The van der Waals surface area contributed by atoms with Crippen molar-refractivity contribution in [2.75, 3.05) is 18.0 Å². The standard InChI is InChI=1S/C10H11N3/c11-8-9-4-3-5-12-10(9)13-6-1-2-7-13/h3-5H,1-2,6-7H2/p+1. The zero-order valence-electron chi connectivity index (χ0n) is 7.45. The van der Waals surface area contributed by atoms with Gasteiger partial charge in [0.2, 0.25) is 0 Å². The molecule has 13 heavy (non-hydrogen) atoms. The molecule has 0 unspecified atom stereocenters. The molecular formula is C10H12N3+. The van der Waals surface area contributed by atoms with Gasteiger partial charge in [0, 0.05) is 0 Å². The van der Waals surface area contributed by atoms with Gasteiger partial charge in [-0.3, -0.25) is 4.90 Å². The van der Waals surface area contributed by atoms with Crippen LogP contribution >= 0.6 is 0 Å². The van der Waals surface area contributed by atoms with Crippen LogP contribution in [0.2, 0.25) is 0 Å². The lowest BCUT2D eigenvalue weighted by atomic mass is 10.2. The van der Waals surface area contributed by atoms with Crippen molar-refractivity contribution in [1.82, 2.24) is 0 Å². The quantitative estimate of drug-likeness (QED) is 0.636. The van der Waals surface area contributed by atoms with Crippen LogP contribution in [0.4, 0.5) is 5.82 Å². The molecule has 1 aliphatic heterocycles. The number of aromatic nitrogens is 1.